The Balaban J connectivity index is 0.871. The molecule has 6 nitrogen and oxygen atoms in total. The fourth-order valence-electron chi connectivity index (χ4n) is 10.2. The lowest BCUT2D eigenvalue weighted by Gasteiger charge is -2.10. The summed E-state index contributed by atoms with van der Waals surface area (Å²) in [7, 11) is 0. The molecule has 0 saturated carbocycles. The number of benzene rings is 10. The van der Waals surface area contributed by atoms with Crippen LogP contribution in [0.1, 0.15) is 0 Å². The molecule has 0 unspecified atom stereocenters. The molecule has 14 rings (SSSR count). The van der Waals surface area contributed by atoms with E-state index < -0.39 is 0 Å². The van der Waals surface area contributed by atoms with Crippen molar-refractivity contribution >= 4 is 65.7 Å². The second-order valence-electron chi connectivity index (χ2n) is 17.5. The number of aromatic nitrogens is 4. The van der Waals surface area contributed by atoms with Gasteiger partial charge in [0.25, 0.3) is 0 Å². The summed E-state index contributed by atoms with van der Waals surface area (Å²) in [6.45, 7) is 0. The predicted octanol–water partition coefficient (Wildman–Crippen LogP) is 16.8. The van der Waals surface area contributed by atoms with Gasteiger partial charge >= 0.3 is 0 Å². The highest BCUT2D eigenvalue weighted by molar-refractivity contribution is 6.16. The van der Waals surface area contributed by atoms with Crippen LogP contribution in [0.25, 0.3) is 139 Å². The van der Waals surface area contributed by atoms with Gasteiger partial charge in [-0.1, -0.05) is 170 Å². The minimum atomic E-state index is 0.606. The molecule has 0 fully saturated rings. The van der Waals surface area contributed by atoms with Crippen LogP contribution in [0, 0.1) is 0 Å². The molecule has 0 N–H and O–H groups in total. The molecule has 69 heavy (non-hydrogen) atoms. The van der Waals surface area contributed by atoms with Crippen molar-refractivity contribution in [1.29, 1.82) is 0 Å². The smallest absolute Gasteiger partial charge is 0.164 e. The van der Waals surface area contributed by atoms with Crippen LogP contribution in [0.2, 0.25) is 0 Å². The highest BCUT2D eigenvalue weighted by Crippen LogP contribution is 2.43. The molecule has 0 aliphatic rings. The zero-order chi connectivity index (χ0) is 45.4. The standard InChI is InChI=1S/C63H38N4O2/c1-4-15-39(16-5-1)42-29-33-55-52(36-42)49-23-10-11-27-54(49)67(55)46-31-32-50-51-26-13-25-48(60(51)69-58(50)38-46)44-30-34-56-53(37-44)59-47(24-14-28-57(59)68-56)43-21-12-22-45(35-43)63-65-61(40-17-6-2-7-18-40)64-62(66-63)41-19-8-3-9-20-41/h1-38H. The third-order valence-electron chi connectivity index (χ3n) is 13.5. The Morgan fingerprint density at radius 2 is 0.870 bits per heavy atom. The fourth-order valence-corrected chi connectivity index (χ4v) is 10.2. The molecular formula is C63H38N4O2. The summed E-state index contributed by atoms with van der Waals surface area (Å²) in [6.07, 6.45) is 0. The van der Waals surface area contributed by atoms with Crippen molar-refractivity contribution < 1.29 is 8.83 Å². The van der Waals surface area contributed by atoms with Gasteiger partial charge in [0.2, 0.25) is 0 Å². The highest BCUT2D eigenvalue weighted by atomic mass is 16.3. The molecule has 0 aliphatic heterocycles. The van der Waals surface area contributed by atoms with E-state index in [4.69, 9.17) is 23.8 Å². The first-order valence-corrected chi connectivity index (χ1v) is 23.2. The normalized spacial score (nSPS) is 11.8. The van der Waals surface area contributed by atoms with E-state index >= 15 is 0 Å². The first kappa shape index (κ1) is 38.8. The van der Waals surface area contributed by atoms with Gasteiger partial charge in [-0.15, -0.1) is 0 Å². The summed E-state index contributed by atoms with van der Waals surface area (Å²) in [5.74, 6) is 1.86. The van der Waals surface area contributed by atoms with Crippen LogP contribution in [0.5, 0.6) is 0 Å². The molecule has 0 bridgehead atoms. The SMILES string of the molecule is c1ccc(-c2ccc3c(c2)c2ccccc2n3-c2ccc3c(c2)oc2c(-c4ccc5oc6cccc(-c7cccc(-c8nc(-c9ccccc9)nc(-c9ccccc9)n8)c7)c6c5c4)cccc23)cc1. The maximum Gasteiger partial charge on any atom is 0.164 e. The van der Waals surface area contributed by atoms with Crippen molar-refractivity contribution in [2.24, 2.45) is 0 Å². The van der Waals surface area contributed by atoms with Crippen LogP contribution >= 0.6 is 0 Å². The van der Waals surface area contributed by atoms with Crippen LogP contribution in [0.4, 0.5) is 0 Å². The molecule has 10 aromatic carbocycles. The second kappa shape index (κ2) is 15.6. The minimum Gasteiger partial charge on any atom is -0.456 e. The number of nitrogens with zero attached hydrogens (tertiary/aromatic N) is 4. The molecule has 0 aliphatic carbocycles. The van der Waals surface area contributed by atoms with Gasteiger partial charge in [-0.05, 0) is 82.4 Å². The average Bonchev–Trinajstić information content (AvgIpc) is 4.10. The second-order valence-corrected chi connectivity index (χ2v) is 17.5. The molecule has 0 spiro atoms. The van der Waals surface area contributed by atoms with Gasteiger partial charge in [0.05, 0.1) is 11.0 Å². The van der Waals surface area contributed by atoms with E-state index in [1.165, 1.54) is 21.9 Å². The molecule has 0 saturated heterocycles. The Morgan fingerprint density at radius 3 is 1.65 bits per heavy atom. The summed E-state index contributed by atoms with van der Waals surface area (Å²) in [5.41, 5.74) is 16.0. The quantitative estimate of drug-likeness (QED) is 0.159. The minimum absolute atomic E-state index is 0.606. The number of fused-ring (bicyclic) bond motifs is 9. The summed E-state index contributed by atoms with van der Waals surface area (Å²) < 4.78 is 15.8. The third kappa shape index (κ3) is 6.45. The fraction of sp³-hybridized carbons (Fsp3) is 0. The number of para-hydroxylation sites is 2. The first-order valence-electron chi connectivity index (χ1n) is 23.2. The van der Waals surface area contributed by atoms with Crippen molar-refractivity contribution in [2.45, 2.75) is 0 Å². The molecule has 14 aromatic rings. The highest BCUT2D eigenvalue weighted by Gasteiger charge is 2.20. The lowest BCUT2D eigenvalue weighted by molar-refractivity contribution is 0.668. The lowest BCUT2D eigenvalue weighted by atomic mass is 9.96. The monoisotopic (exact) mass is 882 g/mol. The van der Waals surface area contributed by atoms with Crippen molar-refractivity contribution in [2.75, 3.05) is 0 Å². The molecular weight excluding hydrogens is 845 g/mol. The molecule has 4 aromatic heterocycles. The first-order chi connectivity index (χ1) is 34.2. The molecule has 0 amide bonds. The summed E-state index contributed by atoms with van der Waals surface area (Å²) in [6, 6.07) is 80.4. The van der Waals surface area contributed by atoms with Crippen molar-refractivity contribution in [3.05, 3.63) is 231 Å². The van der Waals surface area contributed by atoms with Crippen molar-refractivity contribution in [1.82, 2.24) is 19.5 Å². The Hall–Kier alpha value is -9.39. The number of hydrogen-bond donors (Lipinski definition) is 0. The van der Waals surface area contributed by atoms with Gasteiger partial charge in [0.15, 0.2) is 17.5 Å². The maximum absolute atomic E-state index is 6.93. The molecule has 6 heteroatoms. The molecule has 0 radical (unpaired) electrons. The lowest BCUT2D eigenvalue weighted by Crippen LogP contribution is -2.00. The van der Waals surface area contributed by atoms with Crippen LogP contribution in [-0.4, -0.2) is 19.5 Å². The Bertz CT molecular complexity index is 4250. The molecule has 322 valence electrons. The predicted molar refractivity (Wildman–Crippen MR) is 281 cm³/mol. The zero-order valence-corrected chi connectivity index (χ0v) is 37.0. The number of furan rings is 2. The topological polar surface area (TPSA) is 69.9 Å². The van der Waals surface area contributed by atoms with Gasteiger partial charge < -0.3 is 13.4 Å². The average molecular weight is 883 g/mol. The largest absolute Gasteiger partial charge is 0.456 e. The van der Waals surface area contributed by atoms with Gasteiger partial charge in [0.1, 0.15) is 22.3 Å². The van der Waals surface area contributed by atoms with E-state index in [1.54, 1.807) is 0 Å². The van der Waals surface area contributed by atoms with E-state index in [1.807, 2.05) is 66.7 Å². The Kier molecular flexibility index (Phi) is 8.79. The maximum atomic E-state index is 6.93. The van der Waals surface area contributed by atoms with Crippen LogP contribution in [-0.2, 0) is 0 Å². The van der Waals surface area contributed by atoms with Crippen LogP contribution in [0.3, 0.4) is 0 Å². The van der Waals surface area contributed by atoms with E-state index in [0.29, 0.717) is 17.5 Å². The molecule has 0 atom stereocenters. The van der Waals surface area contributed by atoms with E-state index in [0.717, 1.165) is 99.5 Å². The van der Waals surface area contributed by atoms with Gasteiger partial charge in [-0.3, -0.25) is 0 Å². The Morgan fingerprint density at radius 1 is 0.290 bits per heavy atom. The number of hydrogen-bond acceptors (Lipinski definition) is 5. The van der Waals surface area contributed by atoms with Gasteiger partial charge in [-0.2, -0.15) is 0 Å². The summed E-state index contributed by atoms with van der Waals surface area (Å²) in [4.78, 5) is 15.0. The van der Waals surface area contributed by atoms with Gasteiger partial charge in [0, 0.05) is 66.3 Å². The van der Waals surface area contributed by atoms with Crippen LogP contribution in [0.15, 0.2) is 239 Å². The Labute approximate surface area is 396 Å². The summed E-state index contributed by atoms with van der Waals surface area (Å²) in [5, 5.41) is 6.65. The number of rotatable bonds is 7. The zero-order valence-electron chi connectivity index (χ0n) is 37.0. The van der Waals surface area contributed by atoms with E-state index in [-0.39, 0.29) is 0 Å². The summed E-state index contributed by atoms with van der Waals surface area (Å²) >= 11 is 0. The molecule has 4 heterocycles. The van der Waals surface area contributed by atoms with E-state index in [2.05, 4.69) is 168 Å². The van der Waals surface area contributed by atoms with Crippen LogP contribution < -0.4 is 0 Å². The van der Waals surface area contributed by atoms with Crippen molar-refractivity contribution in [3.8, 4) is 73.2 Å². The van der Waals surface area contributed by atoms with Gasteiger partial charge in [-0.25, -0.2) is 15.0 Å². The van der Waals surface area contributed by atoms with E-state index in [9.17, 15) is 0 Å². The van der Waals surface area contributed by atoms with Crippen molar-refractivity contribution in [3.63, 3.8) is 0 Å². The third-order valence-corrected chi connectivity index (χ3v) is 13.5.